The molecule has 0 spiro atoms. The lowest BCUT2D eigenvalue weighted by Gasteiger charge is -2.15. The number of carbonyl (C=O) groups excluding carboxylic acids is 4. The Kier molecular flexibility index (Phi) is 8.63. The quantitative estimate of drug-likeness (QED) is 0.206. The molecule has 0 saturated carbocycles. The molecule has 0 bridgehead atoms. The van der Waals surface area contributed by atoms with Gasteiger partial charge in [0.1, 0.15) is 10.7 Å². The van der Waals surface area contributed by atoms with Crippen LogP contribution in [0.4, 0.5) is 11.4 Å². The van der Waals surface area contributed by atoms with Gasteiger partial charge in [-0.1, -0.05) is 30.7 Å². The Hall–Kier alpha value is -4.63. The maximum absolute atomic E-state index is 13.1. The van der Waals surface area contributed by atoms with Crippen LogP contribution in [0.25, 0.3) is 0 Å². The first kappa shape index (κ1) is 27.4. The summed E-state index contributed by atoms with van der Waals surface area (Å²) in [5, 5.41) is 2.57. The van der Waals surface area contributed by atoms with Crippen molar-refractivity contribution < 1.29 is 33.4 Å². The number of amides is 2. The van der Waals surface area contributed by atoms with E-state index in [9.17, 15) is 19.2 Å². The second-order valence-corrected chi connectivity index (χ2v) is 8.67. The number of rotatable bonds is 10. The Morgan fingerprint density at radius 2 is 1.44 bits per heavy atom. The van der Waals surface area contributed by atoms with Crippen LogP contribution in [0.15, 0.2) is 83.5 Å². The van der Waals surface area contributed by atoms with Gasteiger partial charge in [-0.05, 0) is 74.0 Å². The van der Waals surface area contributed by atoms with E-state index in [1.165, 1.54) is 36.4 Å². The zero-order chi connectivity index (χ0) is 27.9. The number of esters is 2. The topological polar surface area (TPSA) is 111 Å². The van der Waals surface area contributed by atoms with Gasteiger partial charge in [-0.25, -0.2) is 14.5 Å². The highest BCUT2D eigenvalue weighted by atomic mass is 35.5. The van der Waals surface area contributed by atoms with Gasteiger partial charge in [-0.15, -0.1) is 0 Å². The molecule has 0 aliphatic carbocycles. The Labute approximate surface area is 229 Å². The maximum atomic E-state index is 13.1. The molecule has 0 atom stereocenters. The van der Waals surface area contributed by atoms with Crippen molar-refractivity contribution in [2.24, 2.45) is 0 Å². The van der Waals surface area contributed by atoms with Gasteiger partial charge in [-0.2, -0.15) is 0 Å². The van der Waals surface area contributed by atoms with Crippen LogP contribution in [0, 0.1) is 0 Å². The fraction of sp³-hybridized carbons (Fsp3) is 0.172. The van der Waals surface area contributed by atoms with E-state index in [2.05, 4.69) is 5.32 Å². The van der Waals surface area contributed by atoms with Crippen LogP contribution in [-0.4, -0.2) is 37.0 Å². The van der Waals surface area contributed by atoms with Gasteiger partial charge < -0.3 is 19.5 Å². The molecule has 0 saturated heterocycles. The van der Waals surface area contributed by atoms with E-state index >= 15 is 0 Å². The van der Waals surface area contributed by atoms with E-state index in [0.29, 0.717) is 42.4 Å². The van der Waals surface area contributed by atoms with Crippen molar-refractivity contribution >= 4 is 46.7 Å². The monoisotopic (exact) mass is 548 g/mol. The summed E-state index contributed by atoms with van der Waals surface area (Å²) in [6.07, 6.45) is 0.691. The summed E-state index contributed by atoms with van der Waals surface area (Å²) in [5.41, 5.74) is 1.11. The average molecular weight is 549 g/mol. The van der Waals surface area contributed by atoms with Crippen LogP contribution in [0.2, 0.25) is 0 Å². The van der Waals surface area contributed by atoms with Crippen LogP contribution in [0.5, 0.6) is 11.5 Å². The van der Waals surface area contributed by atoms with Gasteiger partial charge in [0, 0.05) is 5.69 Å². The van der Waals surface area contributed by atoms with Gasteiger partial charge in [0.25, 0.3) is 11.8 Å². The summed E-state index contributed by atoms with van der Waals surface area (Å²) in [6.45, 7) is 4.43. The lowest BCUT2D eigenvalue weighted by molar-refractivity contribution is -0.120. The molecule has 39 heavy (non-hydrogen) atoms. The van der Waals surface area contributed by atoms with Gasteiger partial charge >= 0.3 is 11.9 Å². The third-order valence-corrected chi connectivity index (χ3v) is 5.92. The molecule has 3 aromatic rings. The molecule has 0 fully saturated rings. The molecule has 200 valence electrons. The molecule has 1 aliphatic rings. The van der Waals surface area contributed by atoms with Gasteiger partial charge in [0.2, 0.25) is 0 Å². The first-order valence-electron chi connectivity index (χ1n) is 12.2. The third-order valence-electron chi connectivity index (χ3n) is 5.57. The fourth-order valence-electron chi connectivity index (χ4n) is 3.67. The number of ether oxygens (including phenoxy) is 3. The number of imide groups is 1. The number of hydrogen-bond donors (Lipinski definition) is 1. The Morgan fingerprint density at radius 3 is 2.08 bits per heavy atom. The second kappa shape index (κ2) is 12.3. The standard InChI is InChI=1S/C29H25ClN2O7/c1-3-17-38-28(35)18-11-15-21(16-12-18)32-26(33)24(30)25(27(32)34)31-20-13-9-19(10-14-20)29(36)39-23-8-6-5-7-22(23)37-4-2/h5-16,31H,3-4,17H2,1-2H3. The number of halogens is 1. The van der Waals surface area contributed by atoms with Crippen molar-refractivity contribution in [1.29, 1.82) is 0 Å². The zero-order valence-corrected chi connectivity index (χ0v) is 22.0. The molecule has 4 rings (SSSR count). The van der Waals surface area contributed by atoms with Crippen LogP contribution in [-0.2, 0) is 14.3 Å². The Bertz CT molecular complexity index is 1430. The molecular formula is C29H25ClN2O7. The number of hydrogen-bond acceptors (Lipinski definition) is 8. The van der Waals surface area contributed by atoms with E-state index in [1.807, 2.05) is 13.8 Å². The minimum absolute atomic E-state index is 0.117. The highest BCUT2D eigenvalue weighted by Crippen LogP contribution is 2.31. The number of carbonyl (C=O) groups is 4. The molecule has 1 heterocycles. The highest BCUT2D eigenvalue weighted by Gasteiger charge is 2.39. The largest absolute Gasteiger partial charge is 0.490 e. The predicted octanol–water partition coefficient (Wildman–Crippen LogP) is 5.31. The summed E-state index contributed by atoms with van der Waals surface area (Å²) >= 11 is 6.21. The summed E-state index contributed by atoms with van der Waals surface area (Å²) in [4.78, 5) is 51.4. The SMILES string of the molecule is CCCOC(=O)c1ccc(N2C(=O)C(Cl)=C(Nc3ccc(C(=O)Oc4ccccc4OCC)cc3)C2=O)cc1. The Balaban J connectivity index is 1.44. The smallest absolute Gasteiger partial charge is 0.343 e. The summed E-state index contributed by atoms with van der Waals surface area (Å²) in [7, 11) is 0. The summed E-state index contributed by atoms with van der Waals surface area (Å²) < 4.78 is 16.0. The van der Waals surface area contributed by atoms with Crippen molar-refractivity contribution in [3.8, 4) is 11.5 Å². The number of nitrogens with one attached hydrogen (secondary N) is 1. The third kappa shape index (κ3) is 6.10. The number of anilines is 2. The summed E-state index contributed by atoms with van der Waals surface area (Å²) in [6, 6.07) is 18.9. The van der Waals surface area contributed by atoms with Crippen molar-refractivity contribution in [2.45, 2.75) is 20.3 Å². The first-order chi connectivity index (χ1) is 18.8. The van der Waals surface area contributed by atoms with Gasteiger partial charge in [0.15, 0.2) is 11.5 Å². The van der Waals surface area contributed by atoms with E-state index in [-0.39, 0.29) is 22.0 Å². The van der Waals surface area contributed by atoms with E-state index < -0.39 is 23.8 Å². The Morgan fingerprint density at radius 1 is 0.821 bits per heavy atom. The number of benzene rings is 3. The number of para-hydroxylation sites is 2. The first-order valence-corrected chi connectivity index (χ1v) is 12.6. The normalized spacial score (nSPS) is 12.9. The fourth-order valence-corrected chi connectivity index (χ4v) is 3.89. The van der Waals surface area contributed by atoms with Crippen molar-refractivity contribution in [1.82, 2.24) is 0 Å². The van der Waals surface area contributed by atoms with Crippen LogP contribution in [0.3, 0.4) is 0 Å². The van der Waals surface area contributed by atoms with E-state index in [0.717, 1.165) is 4.90 Å². The minimum atomic E-state index is -0.710. The zero-order valence-electron chi connectivity index (χ0n) is 21.2. The summed E-state index contributed by atoms with van der Waals surface area (Å²) in [5.74, 6) is -1.71. The molecule has 1 aliphatic heterocycles. The molecule has 10 heteroatoms. The molecule has 0 radical (unpaired) electrons. The van der Waals surface area contributed by atoms with Crippen molar-refractivity contribution in [2.75, 3.05) is 23.4 Å². The number of nitrogens with zero attached hydrogens (tertiary/aromatic N) is 1. The molecule has 1 N–H and O–H groups in total. The van der Waals surface area contributed by atoms with Crippen LogP contribution < -0.4 is 19.7 Å². The molecule has 2 amide bonds. The van der Waals surface area contributed by atoms with Crippen molar-refractivity contribution in [3.05, 3.63) is 94.7 Å². The lowest BCUT2D eigenvalue weighted by Crippen LogP contribution is -2.32. The molecule has 0 aromatic heterocycles. The maximum Gasteiger partial charge on any atom is 0.343 e. The van der Waals surface area contributed by atoms with Crippen LogP contribution in [0.1, 0.15) is 41.0 Å². The molecular weight excluding hydrogens is 524 g/mol. The molecule has 0 unspecified atom stereocenters. The highest BCUT2D eigenvalue weighted by molar-refractivity contribution is 6.53. The van der Waals surface area contributed by atoms with Crippen LogP contribution >= 0.6 is 11.6 Å². The average Bonchev–Trinajstić information content (AvgIpc) is 3.16. The van der Waals surface area contributed by atoms with Crippen molar-refractivity contribution in [3.63, 3.8) is 0 Å². The second-order valence-electron chi connectivity index (χ2n) is 8.29. The van der Waals surface area contributed by atoms with Gasteiger partial charge in [0.05, 0.1) is 30.0 Å². The molecule has 9 nitrogen and oxygen atoms in total. The van der Waals surface area contributed by atoms with Gasteiger partial charge in [-0.3, -0.25) is 9.59 Å². The predicted molar refractivity (Wildman–Crippen MR) is 145 cm³/mol. The molecule has 3 aromatic carbocycles. The van der Waals surface area contributed by atoms with E-state index in [1.54, 1.807) is 36.4 Å². The van der Waals surface area contributed by atoms with E-state index in [4.69, 9.17) is 25.8 Å². The lowest BCUT2D eigenvalue weighted by atomic mass is 10.2. The minimum Gasteiger partial charge on any atom is -0.490 e.